The molecule has 2 heterocycles. The average molecular weight is 403 g/mol. The van der Waals surface area contributed by atoms with Crippen LogP contribution < -0.4 is 27.7 Å². The van der Waals surface area contributed by atoms with Crippen LogP contribution in [0.4, 0.5) is 17.7 Å². The second kappa shape index (κ2) is 9.56. The summed E-state index contributed by atoms with van der Waals surface area (Å²) in [5, 5.41) is 6.25. The number of nitrogens with one attached hydrogen (secondary N) is 3. The van der Waals surface area contributed by atoms with Crippen LogP contribution in [0.1, 0.15) is 30.1 Å². The molecular formula is C15H24Cl2N8O. The Morgan fingerprint density at radius 3 is 2.50 bits per heavy atom. The number of H-pyrrole nitrogens is 1. The molecule has 11 heteroatoms. The summed E-state index contributed by atoms with van der Waals surface area (Å²) in [4.78, 5) is 26.7. The zero-order valence-corrected chi connectivity index (χ0v) is 16.0. The van der Waals surface area contributed by atoms with E-state index in [1.807, 2.05) is 6.07 Å². The molecule has 0 spiro atoms. The largest absolute Gasteiger partial charge is 0.368 e. The van der Waals surface area contributed by atoms with Crippen molar-refractivity contribution < 1.29 is 0 Å². The topological polar surface area (TPSA) is 148 Å². The molecule has 1 saturated carbocycles. The minimum absolute atomic E-state index is 0. The predicted molar refractivity (Wildman–Crippen MR) is 107 cm³/mol. The minimum atomic E-state index is -0.176. The number of aryl methyl sites for hydroxylation is 1. The smallest absolute Gasteiger partial charge is 0.252 e. The van der Waals surface area contributed by atoms with E-state index in [4.69, 9.17) is 11.5 Å². The van der Waals surface area contributed by atoms with Crippen molar-refractivity contribution in [1.29, 1.82) is 0 Å². The molecule has 2 aromatic heterocycles. The molecule has 0 saturated heterocycles. The van der Waals surface area contributed by atoms with Crippen molar-refractivity contribution >= 4 is 42.5 Å². The van der Waals surface area contributed by atoms with Crippen LogP contribution >= 0.6 is 24.8 Å². The molecule has 0 atom stereocenters. The molecule has 1 aliphatic carbocycles. The second-order valence-corrected chi connectivity index (χ2v) is 6.05. The van der Waals surface area contributed by atoms with Gasteiger partial charge in [-0.3, -0.25) is 9.78 Å². The summed E-state index contributed by atoms with van der Waals surface area (Å²) in [5.74, 6) is 1.76. The number of halogens is 2. The fraction of sp³-hybridized carbons (Fsp3) is 0.467. The van der Waals surface area contributed by atoms with E-state index in [9.17, 15) is 4.79 Å². The first-order valence-electron chi connectivity index (χ1n) is 7.95. The van der Waals surface area contributed by atoms with Gasteiger partial charge in [0.15, 0.2) is 0 Å². The van der Waals surface area contributed by atoms with Crippen molar-refractivity contribution in [2.45, 2.75) is 31.7 Å². The van der Waals surface area contributed by atoms with E-state index in [0.717, 1.165) is 18.5 Å². The summed E-state index contributed by atoms with van der Waals surface area (Å²) >= 11 is 0. The quantitative estimate of drug-likeness (QED) is 0.449. The number of aromatic nitrogens is 4. The van der Waals surface area contributed by atoms with Gasteiger partial charge >= 0.3 is 0 Å². The average Bonchev–Trinajstić information content (AvgIpc) is 2.47. The molecule has 1 fully saturated rings. The molecule has 144 valence electrons. The lowest BCUT2D eigenvalue weighted by Gasteiger charge is -2.32. The van der Waals surface area contributed by atoms with Gasteiger partial charge in [0.05, 0.1) is 5.69 Å². The highest BCUT2D eigenvalue weighted by Crippen LogP contribution is 2.35. The van der Waals surface area contributed by atoms with Crippen LogP contribution in [0.5, 0.6) is 0 Å². The highest BCUT2D eigenvalue weighted by Gasteiger charge is 2.29. The Bertz CT molecular complexity index is 778. The van der Waals surface area contributed by atoms with Crippen molar-refractivity contribution in [3.8, 4) is 0 Å². The highest BCUT2D eigenvalue weighted by atomic mass is 35.5. The molecule has 3 rings (SSSR count). The summed E-state index contributed by atoms with van der Waals surface area (Å²) < 4.78 is 0. The third-order valence-electron chi connectivity index (χ3n) is 3.95. The van der Waals surface area contributed by atoms with Crippen molar-refractivity contribution in [2.75, 3.05) is 29.5 Å². The number of aromatic amines is 1. The van der Waals surface area contributed by atoms with Gasteiger partial charge in [-0.15, -0.1) is 24.8 Å². The molecule has 7 N–H and O–H groups in total. The molecular weight excluding hydrogens is 379 g/mol. The lowest BCUT2D eigenvalue weighted by atomic mass is 9.78. The van der Waals surface area contributed by atoms with Crippen molar-refractivity contribution in [3.63, 3.8) is 0 Å². The number of hydrogen-bond acceptors (Lipinski definition) is 8. The Labute approximate surface area is 163 Å². The number of nitrogens with two attached hydrogens (primary N) is 2. The zero-order chi connectivity index (χ0) is 17.1. The fourth-order valence-corrected chi connectivity index (χ4v) is 2.72. The minimum Gasteiger partial charge on any atom is -0.368 e. The maximum atomic E-state index is 11.4. The van der Waals surface area contributed by atoms with Crippen LogP contribution in [0.25, 0.3) is 0 Å². The Morgan fingerprint density at radius 2 is 1.85 bits per heavy atom. The number of anilines is 3. The molecule has 0 aromatic carbocycles. The van der Waals surface area contributed by atoms with Crippen molar-refractivity contribution in [1.82, 2.24) is 19.9 Å². The van der Waals surface area contributed by atoms with E-state index in [-0.39, 0.29) is 42.4 Å². The molecule has 26 heavy (non-hydrogen) atoms. The third kappa shape index (κ3) is 5.72. The van der Waals surface area contributed by atoms with E-state index >= 15 is 0 Å². The van der Waals surface area contributed by atoms with Gasteiger partial charge in [-0.05, 0) is 19.8 Å². The van der Waals surface area contributed by atoms with Gasteiger partial charge in [0.2, 0.25) is 11.9 Å². The number of nitrogen functional groups attached to an aromatic ring is 1. The van der Waals surface area contributed by atoms with Crippen LogP contribution in [-0.4, -0.2) is 39.1 Å². The SMILES string of the molecule is Cc1cc(=O)[nH]c(NCCNc2cc(C3CC(N)C3)nc(N)n2)n1.Cl.Cl. The number of hydrogen-bond donors (Lipinski definition) is 5. The van der Waals surface area contributed by atoms with E-state index in [0.29, 0.717) is 36.5 Å². The number of nitrogens with zero attached hydrogens (tertiary/aromatic N) is 3. The maximum absolute atomic E-state index is 11.4. The van der Waals surface area contributed by atoms with Gasteiger partial charge in [-0.25, -0.2) is 9.97 Å². The molecule has 0 radical (unpaired) electrons. The maximum Gasteiger partial charge on any atom is 0.252 e. The van der Waals surface area contributed by atoms with E-state index < -0.39 is 0 Å². The molecule has 2 aromatic rings. The van der Waals surface area contributed by atoms with E-state index in [2.05, 4.69) is 30.6 Å². The summed E-state index contributed by atoms with van der Waals surface area (Å²) in [5.41, 5.74) is 13.0. The molecule has 0 unspecified atom stereocenters. The molecule has 0 aliphatic heterocycles. The van der Waals surface area contributed by atoms with Crippen LogP contribution in [0.3, 0.4) is 0 Å². The Balaban J connectivity index is 0.00000169. The standard InChI is InChI=1S/C15H22N8O.2ClH/c1-8-4-13(24)23-15(20-8)19-3-2-18-12-7-11(21-14(17)22-12)9-5-10(16)6-9;;/h4,7,9-10H,2-3,5-6,16H2,1H3,(H3,17,18,21,22)(H2,19,20,23,24);2*1H. The Hall–Kier alpha value is -2.10. The first-order chi connectivity index (χ1) is 11.5. The van der Waals surface area contributed by atoms with Gasteiger partial charge < -0.3 is 22.1 Å². The second-order valence-electron chi connectivity index (χ2n) is 6.05. The Morgan fingerprint density at radius 1 is 1.15 bits per heavy atom. The van der Waals surface area contributed by atoms with Gasteiger partial charge in [-0.1, -0.05) is 0 Å². The molecule has 1 aliphatic rings. The van der Waals surface area contributed by atoms with Gasteiger partial charge in [0.1, 0.15) is 5.82 Å². The van der Waals surface area contributed by atoms with Crippen molar-refractivity contribution in [2.24, 2.45) is 5.73 Å². The monoisotopic (exact) mass is 402 g/mol. The molecule has 0 amide bonds. The predicted octanol–water partition coefficient (Wildman–Crippen LogP) is 1.02. The first kappa shape index (κ1) is 21.9. The van der Waals surface area contributed by atoms with Crippen LogP contribution in [0.2, 0.25) is 0 Å². The van der Waals surface area contributed by atoms with Gasteiger partial charge in [0, 0.05) is 42.9 Å². The lowest BCUT2D eigenvalue weighted by Crippen LogP contribution is -2.35. The van der Waals surface area contributed by atoms with E-state index in [1.54, 1.807) is 6.92 Å². The van der Waals surface area contributed by atoms with Crippen LogP contribution in [0.15, 0.2) is 16.9 Å². The highest BCUT2D eigenvalue weighted by molar-refractivity contribution is 5.85. The fourth-order valence-electron chi connectivity index (χ4n) is 2.72. The van der Waals surface area contributed by atoms with Gasteiger partial charge in [0.25, 0.3) is 5.56 Å². The third-order valence-corrected chi connectivity index (χ3v) is 3.95. The van der Waals surface area contributed by atoms with E-state index in [1.165, 1.54) is 6.07 Å². The summed E-state index contributed by atoms with van der Waals surface area (Å²) in [6.45, 7) is 2.94. The molecule has 0 bridgehead atoms. The van der Waals surface area contributed by atoms with Crippen LogP contribution in [-0.2, 0) is 0 Å². The zero-order valence-electron chi connectivity index (χ0n) is 14.4. The lowest BCUT2D eigenvalue weighted by molar-refractivity contribution is 0.345. The Kier molecular flexibility index (Phi) is 8.07. The first-order valence-corrected chi connectivity index (χ1v) is 7.95. The summed E-state index contributed by atoms with van der Waals surface area (Å²) in [6.07, 6.45) is 1.87. The summed E-state index contributed by atoms with van der Waals surface area (Å²) in [6, 6.07) is 3.62. The van der Waals surface area contributed by atoms with Crippen LogP contribution in [0, 0.1) is 6.92 Å². The van der Waals surface area contributed by atoms with Gasteiger partial charge in [-0.2, -0.15) is 4.98 Å². The summed E-state index contributed by atoms with van der Waals surface area (Å²) in [7, 11) is 0. The van der Waals surface area contributed by atoms with Crippen molar-refractivity contribution in [3.05, 3.63) is 33.9 Å². The molecule has 9 nitrogen and oxygen atoms in total. The normalized spacial score (nSPS) is 18.1. The number of rotatable bonds is 6.